The van der Waals surface area contributed by atoms with Crippen LogP contribution in [0.5, 0.6) is 0 Å². The Morgan fingerprint density at radius 2 is 1.92 bits per heavy atom. The van der Waals surface area contributed by atoms with E-state index in [9.17, 15) is 27.6 Å². The predicted molar refractivity (Wildman–Crippen MR) is 79.0 cm³/mol. The predicted octanol–water partition coefficient (Wildman–Crippen LogP) is 3.22. The fourth-order valence-corrected chi connectivity index (χ4v) is 4.10. The summed E-state index contributed by atoms with van der Waals surface area (Å²) >= 11 is 0. The summed E-state index contributed by atoms with van der Waals surface area (Å²) in [5, 5.41) is 2.41. The zero-order valence-corrected chi connectivity index (χ0v) is 13.2. The highest BCUT2D eigenvalue weighted by Gasteiger charge is 2.72. The van der Waals surface area contributed by atoms with Crippen molar-refractivity contribution in [3.8, 4) is 0 Å². The Morgan fingerprint density at radius 1 is 1.25 bits per heavy atom. The number of amides is 1. The second-order valence-corrected chi connectivity index (χ2v) is 6.94. The number of carbonyl (C=O) groups excluding carboxylic acids is 3. The van der Waals surface area contributed by atoms with Gasteiger partial charge in [0.1, 0.15) is 5.41 Å². The van der Waals surface area contributed by atoms with Crippen LogP contribution in [0.1, 0.15) is 32.3 Å². The molecule has 1 N–H and O–H groups in total. The number of nitrogens with one attached hydrogen (secondary N) is 1. The molecule has 3 rings (SSSR count). The van der Waals surface area contributed by atoms with Crippen molar-refractivity contribution in [3.05, 3.63) is 29.8 Å². The minimum atomic E-state index is -4.53. The molecule has 7 heteroatoms. The third-order valence-electron chi connectivity index (χ3n) is 5.54. The van der Waals surface area contributed by atoms with Crippen molar-refractivity contribution >= 4 is 23.2 Å². The number of fused-ring (bicyclic) bond motifs is 2. The first kappa shape index (κ1) is 16.7. The molecule has 0 saturated heterocycles. The van der Waals surface area contributed by atoms with Crippen LogP contribution in [0.4, 0.5) is 18.9 Å². The van der Waals surface area contributed by atoms with Crippen molar-refractivity contribution in [2.24, 2.45) is 16.7 Å². The monoisotopic (exact) mass is 339 g/mol. The zero-order chi connectivity index (χ0) is 17.9. The lowest BCUT2D eigenvalue weighted by Gasteiger charge is -2.33. The summed E-state index contributed by atoms with van der Waals surface area (Å²) in [5.41, 5.74) is -3.28. The lowest BCUT2D eigenvalue weighted by Crippen LogP contribution is -2.47. The number of rotatable bonds is 2. The molecule has 0 aliphatic heterocycles. The van der Waals surface area contributed by atoms with Gasteiger partial charge in [0.15, 0.2) is 0 Å². The number of carbonyl (C=O) groups is 3. The van der Waals surface area contributed by atoms with E-state index < -0.39 is 46.0 Å². The number of hydrogen-bond acceptors (Lipinski definition) is 3. The maximum Gasteiger partial charge on any atom is 0.416 e. The first-order chi connectivity index (χ1) is 11.0. The van der Waals surface area contributed by atoms with Gasteiger partial charge in [-0.2, -0.15) is 13.2 Å². The smallest absolute Gasteiger partial charge is 0.325 e. The van der Waals surface area contributed by atoms with Crippen molar-refractivity contribution < 1.29 is 27.6 Å². The largest absolute Gasteiger partial charge is 0.416 e. The van der Waals surface area contributed by atoms with Gasteiger partial charge in [-0.05, 0) is 36.5 Å². The van der Waals surface area contributed by atoms with Gasteiger partial charge in [-0.1, -0.05) is 19.9 Å². The average molecular weight is 339 g/mol. The van der Waals surface area contributed by atoms with Crippen molar-refractivity contribution in [1.29, 1.82) is 0 Å². The van der Waals surface area contributed by atoms with Gasteiger partial charge >= 0.3 is 6.18 Å². The highest BCUT2D eigenvalue weighted by molar-refractivity contribution is 6.48. The van der Waals surface area contributed by atoms with Crippen LogP contribution >= 0.6 is 0 Å². The summed E-state index contributed by atoms with van der Waals surface area (Å²) in [7, 11) is 0. The molecule has 2 bridgehead atoms. The van der Waals surface area contributed by atoms with Crippen LogP contribution in [0.25, 0.3) is 0 Å². The second-order valence-electron chi connectivity index (χ2n) is 6.94. The Balaban J connectivity index is 1.94. The molecule has 2 fully saturated rings. The Bertz CT molecular complexity index is 754. The fraction of sp³-hybridized carbons (Fsp3) is 0.471. The molecule has 1 amide bonds. The van der Waals surface area contributed by atoms with Crippen molar-refractivity contribution in [1.82, 2.24) is 0 Å². The SMILES string of the molecule is CC1(C)[C@@H]2CC[C@@]1(C(=O)Nc1cccc(C(F)(F)F)c1)C(=O)C2=O. The van der Waals surface area contributed by atoms with Gasteiger partial charge in [0.2, 0.25) is 17.5 Å². The van der Waals surface area contributed by atoms with Crippen LogP contribution in [0, 0.1) is 16.7 Å². The summed E-state index contributed by atoms with van der Waals surface area (Å²) < 4.78 is 38.3. The van der Waals surface area contributed by atoms with Crippen molar-refractivity contribution in [3.63, 3.8) is 0 Å². The third kappa shape index (κ3) is 2.03. The first-order valence-electron chi connectivity index (χ1n) is 7.59. The maximum absolute atomic E-state index is 12.8. The molecule has 0 heterocycles. The molecule has 0 radical (unpaired) electrons. The van der Waals surface area contributed by atoms with E-state index >= 15 is 0 Å². The standard InChI is InChI=1S/C17H16F3NO3/c1-15(2)11-6-7-16(15,13(23)12(11)22)14(24)21-10-5-3-4-9(8-10)17(18,19)20/h3-5,8,11H,6-7H2,1-2H3,(H,21,24)/t11-,16+/m1/s1. The lowest BCUT2D eigenvalue weighted by atomic mass is 9.68. The Morgan fingerprint density at radius 3 is 2.46 bits per heavy atom. The number of Topliss-reactive ketones (excluding diaryl/α,β-unsaturated/α-hetero) is 2. The Kier molecular flexibility index (Phi) is 3.41. The molecular weight excluding hydrogens is 323 g/mol. The van der Waals surface area contributed by atoms with E-state index in [2.05, 4.69) is 5.32 Å². The average Bonchev–Trinajstić information content (AvgIpc) is 2.83. The van der Waals surface area contributed by atoms with E-state index in [0.717, 1.165) is 12.1 Å². The van der Waals surface area contributed by atoms with E-state index in [4.69, 9.17) is 0 Å². The minimum Gasteiger partial charge on any atom is -0.325 e. The van der Waals surface area contributed by atoms with Gasteiger partial charge in [0.05, 0.1) is 5.56 Å². The van der Waals surface area contributed by atoms with E-state index in [0.29, 0.717) is 6.42 Å². The number of alkyl halides is 3. The number of hydrogen-bond donors (Lipinski definition) is 1. The van der Waals surface area contributed by atoms with Crippen LogP contribution < -0.4 is 5.32 Å². The molecular formula is C17H16F3NO3. The molecule has 0 spiro atoms. The van der Waals surface area contributed by atoms with Gasteiger partial charge in [-0.25, -0.2) is 0 Å². The molecule has 2 saturated carbocycles. The van der Waals surface area contributed by atoms with Gasteiger partial charge in [0.25, 0.3) is 0 Å². The molecule has 0 aromatic heterocycles. The summed E-state index contributed by atoms with van der Waals surface area (Å²) in [6.45, 7) is 3.39. The minimum absolute atomic E-state index is 0.0457. The number of benzene rings is 1. The van der Waals surface area contributed by atoms with E-state index in [1.807, 2.05) is 0 Å². The summed E-state index contributed by atoms with van der Waals surface area (Å²) in [6, 6.07) is 4.22. The van der Waals surface area contributed by atoms with Crippen molar-refractivity contribution in [2.45, 2.75) is 32.9 Å². The third-order valence-corrected chi connectivity index (χ3v) is 5.54. The molecule has 1 aromatic rings. The van der Waals surface area contributed by atoms with E-state index in [1.165, 1.54) is 12.1 Å². The number of halogens is 3. The molecule has 2 atom stereocenters. The summed E-state index contributed by atoms with van der Waals surface area (Å²) in [6.07, 6.45) is -3.86. The lowest BCUT2D eigenvalue weighted by molar-refractivity contribution is -0.147. The molecule has 128 valence electrons. The molecule has 2 aliphatic rings. The van der Waals surface area contributed by atoms with Gasteiger partial charge in [-0.15, -0.1) is 0 Å². The summed E-state index contributed by atoms with van der Waals surface area (Å²) in [5.74, 6) is -2.49. The van der Waals surface area contributed by atoms with Gasteiger partial charge in [-0.3, -0.25) is 14.4 Å². The number of anilines is 1. The van der Waals surface area contributed by atoms with E-state index in [1.54, 1.807) is 13.8 Å². The summed E-state index contributed by atoms with van der Waals surface area (Å²) in [4.78, 5) is 37.2. The van der Waals surface area contributed by atoms with Gasteiger partial charge < -0.3 is 5.32 Å². The topological polar surface area (TPSA) is 63.2 Å². The molecule has 1 aromatic carbocycles. The normalized spacial score (nSPS) is 28.3. The Labute approximate surface area is 136 Å². The second kappa shape index (κ2) is 4.91. The van der Waals surface area contributed by atoms with Crippen LogP contribution in [-0.4, -0.2) is 17.5 Å². The van der Waals surface area contributed by atoms with Crippen LogP contribution in [0.2, 0.25) is 0 Å². The van der Waals surface area contributed by atoms with Crippen LogP contribution in [-0.2, 0) is 20.6 Å². The van der Waals surface area contributed by atoms with Crippen molar-refractivity contribution in [2.75, 3.05) is 5.32 Å². The van der Waals surface area contributed by atoms with Crippen LogP contribution in [0.15, 0.2) is 24.3 Å². The molecule has 0 unspecified atom stereocenters. The molecule has 24 heavy (non-hydrogen) atoms. The first-order valence-corrected chi connectivity index (χ1v) is 7.59. The fourth-order valence-electron chi connectivity index (χ4n) is 4.10. The highest BCUT2D eigenvalue weighted by Crippen LogP contribution is 2.62. The number of ketones is 2. The quantitative estimate of drug-likeness (QED) is 0.665. The zero-order valence-electron chi connectivity index (χ0n) is 13.2. The molecule has 4 nitrogen and oxygen atoms in total. The van der Waals surface area contributed by atoms with Crippen LogP contribution in [0.3, 0.4) is 0 Å². The molecule has 2 aliphatic carbocycles. The maximum atomic E-state index is 12.8. The highest BCUT2D eigenvalue weighted by atomic mass is 19.4. The van der Waals surface area contributed by atoms with E-state index in [-0.39, 0.29) is 12.1 Å². The Hall–Kier alpha value is -2.18. The van der Waals surface area contributed by atoms with Gasteiger partial charge in [0, 0.05) is 11.6 Å².